The summed E-state index contributed by atoms with van der Waals surface area (Å²) in [5.41, 5.74) is 5.51. The quantitative estimate of drug-likeness (QED) is 0.460. The molecule has 1 aliphatic carbocycles. The Kier molecular flexibility index (Phi) is 6.40. The number of fused-ring (bicyclic) bond motifs is 1. The molecule has 2 aromatic carbocycles. The van der Waals surface area contributed by atoms with Crippen LogP contribution < -0.4 is 0 Å². The molecular formula is C26H25F3N2O. The molecule has 0 spiro atoms. The third kappa shape index (κ3) is 4.90. The molecule has 0 amide bonds. The molecule has 0 fully saturated rings. The lowest BCUT2D eigenvalue weighted by Gasteiger charge is -2.20. The van der Waals surface area contributed by atoms with Gasteiger partial charge in [-0.1, -0.05) is 43.2 Å². The topological polar surface area (TPSA) is 42.9 Å². The molecule has 0 bridgehead atoms. The smallest absolute Gasteiger partial charge is 0.300 e. The first-order valence-electron chi connectivity index (χ1n) is 11.0. The molecule has 0 radical (unpaired) electrons. The summed E-state index contributed by atoms with van der Waals surface area (Å²) >= 11 is 0. The number of rotatable bonds is 4. The van der Waals surface area contributed by atoms with Crippen molar-refractivity contribution >= 4 is 5.78 Å². The fraction of sp³-hybridized carbons (Fsp3) is 0.346. The van der Waals surface area contributed by atoms with Crippen LogP contribution in [0.1, 0.15) is 54.9 Å². The first-order valence-corrected chi connectivity index (χ1v) is 11.0. The van der Waals surface area contributed by atoms with Gasteiger partial charge >= 0.3 is 6.18 Å². The standard InChI is InChI=1S/C26H25F3N2O/c1-17(32)15-18-7-6-8-20(16-18)25-23-10-5-3-2-4-9-22(23)24(30-31-25)19-11-13-21(14-12-19)26(27,28)29/h6-8,11-14,16H,2-5,9-10,15H2,1H3. The molecule has 0 aliphatic heterocycles. The minimum absolute atomic E-state index is 0.0983. The van der Waals surface area contributed by atoms with E-state index < -0.39 is 11.7 Å². The fourth-order valence-electron chi connectivity index (χ4n) is 4.40. The van der Waals surface area contributed by atoms with Crippen LogP contribution in [0.4, 0.5) is 13.2 Å². The molecule has 0 saturated heterocycles. The van der Waals surface area contributed by atoms with Gasteiger partial charge in [0.2, 0.25) is 0 Å². The second kappa shape index (κ2) is 9.23. The van der Waals surface area contributed by atoms with Crippen LogP contribution in [-0.4, -0.2) is 16.0 Å². The summed E-state index contributed by atoms with van der Waals surface area (Å²) in [7, 11) is 0. The minimum Gasteiger partial charge on any atom is -0.300 e. The minimum atomic E-state index is -4.37. The third-order valence-electron chi connectivity index (χ3n) is 5.93. The Bertz CT molecular complexity index is 1120. The van der Waals surface area contributed by atoms with Gasteiger partial charge in [-0.3, -0.25) is 4.79 Å². The summed E-state index contributed by atoms with van der Waals surface area (Å²) in [6.07, 6.45) is 1.98. The zero-order chi connectivity index (χ0) is 22.7. The summed E-state index contributed by atoms with van der Waals surface area (Å²) in [5.74, 6) is 0.0983. The molecule has 4 rings (SSSR count). The van der Waals surface area contributed by atoms with Crippen molar-refractivity contribution in [3.8, 4) is 22.5 Å². The lowest BCUT2D eigenvalue weighted by Crippen LogP contribution is -2.09. The van der Waals surface area contributed by atoms with Crippen molar-refractivity contribution in [2.75, 3.05) is 0 Å². The van der Waals surface area contributed by atoms with Crippen molar-refractivity contribution in [3.05, 3.63) is 70.8 Å². The van der Waals surface area contributed by atoms with Gasteiger partial charge in [-0.05, 0) is 67.5 Å². The predicted octanol–water partition coefficient (Wildman–Crippen LogP) is 6.62. The van der Waals surface area contributed by atoms with Crippen molar-refractivity contribution in [1.82, 2.24) is 10.2 Å². The van der Waals surface area contributed by atoms with Crippen LogP contribution in [0.15, 0.2) is 48.5 Å². The van der Waals surface area contributed by atoms with E-state index in [1.165, 1.54) is 12.1 Å². The summed E-state index contributed by atoms with van der Waals surface area (Å²) in [6.45, 7) is 1.57. The van der Waals surface area contributed by atoms with Gasteiger partial charge in [-0.15, -0.1) is 10.2 Å². The summed E-state index contributed by atoms with van der Waals surface area (Å²) in [6, 6.07) is 13.0. The van der Waals surface area contributed by atoms with Crippen molar-refractivity contribution in [2.45, 2.75) is 58.0 Å². The second-order valence-corrected chi connectivity index (χ2v) is 8.42. The number of ketones is 1. The Balaban J connectivity index is 1.81. The molecule has 32 heavy (non-hydrogen) atoms. The van der Waals surface area contributed by atoms with E-state index in [0.29, 0.717) is 17.7 Å². The van der Waals surface area contributed by atoms with Crippen LogP contribution in [0.25, 0.3) is 22.5 Å². The van der Waals surface area contributed by atoms with Crippen LogP contribution in [0, 0.1) is 0 Å². The fourth-order valence-corrected chi connectivity index (χ4v) is 4.40. The molecule has 1 heterocycles. The van der Waals surface area contributed by atoms with Crippen molar-refractivity contribution in [1.29, 1.82) is 0 Å². The van der Waals surface area contributed by atoms with Crippen LogP contribution in [0.3, 0.4) is 0 Å². The van der Waals surface area contributed by atoms with E-state index in [2.05, 4.69) is 10.2 Å². The second-order valence-electron chi connectivity index (χ2n) is 8.42. The van der Waals surface area contributed by atoms with E-state index in [1.807, 2.05) is 24.3 Å². The molecule has 0 unspecified atom stereocenters. The SMILES string of the molecule is CC(=O)Cc1cccc(-c2nnc(-c3ccc(C(F)(F)F)cc3)c3c2CCCCCC3)c1. The summed E-state index contributed by atoms with van der Waals surface area (Å²) in [5, 5.41) is 9.04. The van der Waals surface area contributed by atoms with Crippen molar-refractivity contribution < 1.29 is 18.0 Å². The number of hydrogen-bond donors (Lipinski definition) is 0. The molecule has 0 saturated carbocycles. The highest BCUT2D eigenvalue weighted by molar-refractivity contribution is 5.79. The van der Waals surface area contributed by atoms with Gasteiger partial charge in [-0.2, -0.15) is 13.2 Å². The van der Waals surface area contributed by atoms with Crippen molar-refractivity contribution in [2.24, 2.45) is 0 Å². The first-order chi connectivity index (χ1) is 15.3. The normalized spacial score (nSPS) is 14.4. The number of nitrogens with zero attached hydrogens (tertiary/aromatic N) is 2. The zero-order valence-corrected chi connectivity index (χ0v) is 18.0. The van der Waals surface area contributed by atoms with E-state index in [4.69, 9.17) is 0 Å². The first kappa shape index (κ1) is 22.2. The largest absolute Gasteiger partial charge is 0.416 e. The highest BCUT2D eigenvalue weighted by atomic mass is 19.4. The molecular weight excluding hydrogens is 413 g/mol. The number of halogens is 3. The number of carbonyl (C=O) groups excluding carboxylic acids is 1. The summed E-state index contributed by atoms with van der Waals surface area (Å²) < 4.78 is 39.0. The maximum atomic E-state index is 13.0. The van der Waals surface area contributed by atoms with Gasteiger partial charge in [0.1, 0.15) is 5.78 Å². The molecule has 166 valence electrons. The number of alkyl halides is 3. The average Bonchev–Trinajstić information content (AvgIpc) is 2.73. The number of Topliss-reactive ketones (excluding diaryl/α,β-unsaturated/α-hetero) is 1. The number of aromatic nitrogens is 2. The third-order valence-corrected chi connectivity index (χ3v) is 5.93. The van der Waals surface area contributed by atoms with E-state index in [0.717, 1.165) is 78.6 Å². The number of carbonyl (C=O) groups is 1. The molecule has 3 nitrogen and oxygen atoms in total. The Morgan fingerprint density at radius 3 is 2.00 bits per heavy atom. The van der Waals surface area contributed by atoms with Crippen LogP contribution in [0.2, 0.25) is 0 Å². The van der Waals surface area contributed by atoms with Gasteiger partial charge in [0.05, 0.1) is 17.0 Å². The monoisotopic (exact) mass is 438 g/mol. The Labute approximate surface area is 185 Å². The number of benzene rings is 2. The molecule has 0 atom stereocenters. The Morgan fingerprint density at radius 1 is 0.844 bits per heavy atom. The van der Waals surface area contributed by atoms with Gasteiger partial charge in [0.15, 0.2) is 0 Å². The van der Waals surface area contributed by atoms with E-state index in [1.54, 1.807) is 6.92 Å². The van der Waals surface area contributed by atoms with Gasteiger partial charge in [0, 0.05) is 17.5 Å². The predicted molar refractivity (Wildman–Crippen MR) is 118 cm³/mol. The lowest BCUT2D eigenvalue weighted by atomic mass is 9.88. The van der Waals surface area contributed by atoms with Crippen LogP contribution in [-0.2, 0) is 30.2 Å². The Hall–Kier alpha value is -3.02. The highest BCUT2D eigenvalue weighted by Crippen LogP contribution is 2.36. The van der Waals surface area contributed by atoms with E-state index in [9.17, 15) is 18.0 Å². The highest BCUT2D eigenvalue weighted by Gasteiger charge is 2.30. The molecule has 0 N–H and O–H groups in total. The maximum absolute atomic E-state index is 13.0. The van der Waals surface area contributed by atoms with Gasteiger partial charge in [-0.25, -0.2) is 0 Å². The molecule has 1 aliphatic rings. The average molecular weight is 438 g/mol. The lowest BCUT2D eigenvalue weighted by molar-refractivity contribution is -0.137. The van der Waals surface area contributed by atoms with Crippen molar-refractivity contribution in [3.63, 3.8) is 0 Å². The van der Waals surface area contributed by atoms with E-state index >= 15 is 0 Å². The van der Waals surface area contributed by atoms with Crippen LogP contribution >= 0.6 is 0 Å². The molecule has 6 heteroatoms. The van der Waals surface area contributed by atoms with E-state index in [-0.39, 0.29) is 5.78 Å². The number of hydrogen-bond acceptors (Lipinski definition) is 3. The van der Waals surface area contributed by atoms with Crippen LogP contribution in [0.5, 0.6) is 0 Å². The molecule has 1 aromatic heterocycles. The summed E-state index contributed by atoms with van der Waals surface area (Å²) in [4.78, 5) is 11.6. The van der Waals surface area contributed by atoms with Gasteiger partial charge in [0.25, 0.3) is 0 Å². The molecule has 3 aromatic rings. The zero-order valence-electron chi connectivity index (χ0n) is 18.0. The van der Waals surface area contributed by atoms with Gasteiger partial charge < -0.3 is 0 Å². The Morgan fingerprint density at radius 2 is 1.44 bits per heavy atom. The maximum Gasteiger partial charge on any atom is 0.416 e.